The van der Waals surface area contributed by atoms with Gasteiger partial charge >= 0.3 is 0 Å². The lowest BCUT2D eigenvalue weighted by molar-refractivity contribution is 0.0951. The third-order valence-electron chi connectivity index (χ3n) is 3.44. The summed E-state index contributed by atoms with van der Waals surface area (Å²) in [7, 11) is -3.82. The Hall–Kier alpha value is -2.05. The minimum Gasteiger partial charge on any atom is -0.349 e. The molecule has 0 radical (unpaired) electrons. The SMILES string of the molecule is O=C(NC1CC1)c1cccc(S(=O)(=O)Nc2ccccc2Cl)c1. The number of para-hydroxylation sites is 1. The summed E-state index contributed by atoms with van der Waals surface area (Å²) in [6.07, 6.45) is 1.94. The quantitative estimate of drug-likeness (QED) is 0.870. The summed E-state index contributed by atoms with van der Waals surface area (Å²) in [5.41, 5.74) is 0.612. The number of benzene rings is 2. The summed E-state index contributed by atoms with van der Waals surface area (Å²) < 4.78 is 27.4. The van der Waals surface area contributed by atoms with Gasteiger partial charge < -0.3 is 5.32 Å². The molecule has 5 nitrogen and oxygen atoms in total. The highest BCUT2D eigenvalue weighted by Crippen LogP contribution is 2.24. The Morgan fingerprint density at radius 1 is 1.09 bits per heavy atom. The van der Waals surface area contributed by atoms with E-state index in [1.807, 2.05) is 0 Å². The lowest BCUT2D eigenvalue weighted by Gasteiger charge is -2.10. The predicted octanol–water partition coefficient (Wildman–Crippen LogP) is 3.03. The first-order valence-corrected chi connectivity index (χ1v) is 9.00. The van der Waals surface area contributed by atoms with Gasteiger partial charge in [-0.1, -0.05) is 29.8 Å². The second-order valence-electron chi connectivity index (χ2n) is 5.36. The molecule has 2 aromatic carbocycles. The number of carbonyl (C=O) groups is 1. The van der Waals surface area contributed by atoms with Crippen molar-refractivity contribution in [2.24, 2.45) is 0 Å². The van der Waals surface area contributed by atoms with Crippen LogP contribution in [0.4, 0.5) is 5.69 Å². The smallest absolute Gasteiger partial charge is 0.261 e. The Kier molecular flexibility index (Phi) is 4.28. The minimum atomic E-state index is -3.82. The summed E-state index contributed by atoms with van der Waals surface area (Å²) in [5.74, 6) is -0.262. The van der Waals surface area contributed by atoms with Crippen LogP contribution in [0.25, 0.3) is 0 Å². The van der Waals surface area contributed by atoms with Crippen LogP contribution in [0, 0.1) is 0 Å². The first-order chi connectivity index (χ1) is 11.0. The Morgan fingerprint density at radius 3 is 2.52 bits per heavy atom. The van der Waals surface area contributed by atoms with Crippen molar-refractivity contribution < 1.29 is 13.2 Å². The van der Waals surface area contributed by atoms with Crippen molar-refractivity contribution in [3.05, 3.63) is 59.1 Å². The van der Waals surface area contributed by atoms with Gasteiger partial charge in [0.25, 0.3) is 15.9 Å². The summed E-state index contributed by atoms with van der Waals surface area (Å²) in [4.78, 5) is 12.1. The van der Waals surface area contributed by atoms with E-state index in [-0.39, 0.29) is 16.8 Å². The summed E-state index contributed by atoms with van der Waals surface area (Å²) >= 11 is 5.97. The van der Waals surface area contributed by atoms with Crippen molar-refractivity contribution in [3.8, 4) is 0 Å². The van der Waals surface area contributed by atoms with E-state index in [0.29, 0.717) is 16.3 Å². The van der Waals surface area contributed by atoms with Crippen LogP contribution < -0.4 is 10.0 Å². The van der Waals surface area contributed by atoms with Gasteiger partial charge in [-0.05, 0) is 43.2 Å². The molecular weight excluding hydrogens is 336 g/mol. The molecule has 1 aliphatic carbocycles. The van der Waals surface area contributed by atoms with E-state index in [9.17, 15) is 13.2 Å². The van der Waals surface area contributed by atoms with Gasteiger partial charge in [0.15, 0.2) is 0 Å². The summed E-state index contributed by atoms with van der Waals surface area (Å²) in [6, 6.07) is 12.7. The number of rotatable bonds is 5. The first kappa shape index (κ1) is 15.8. The molecule has 2 aromatic rings. The fraction of sp³-hybridized carbons (Fsp3) is 0.188. The maximum absolute atomic E-state index is 12.5. The number of anilines is 1. The Morgan fingerprint density at radius 2 is 1.83 bits per heavy atom. The lowest BCUT2D eigenvalue weighted by Crippen LogP contribution is -2.25. The molecule has 0 saturated heterocycles. The van der Waals surface area contributed by atoms with E-state index in [1.54, 1.807) is 36.4 Å². The minimum absolute atomic E-state index is 0.0147. The van der Waals surface area contributed by atoms with Crippen LogP contribution in [0.3, 0.4) is 0 Å². The first-order valence-electron chi connectivity index (χ1n) is 7.14. The van der Waals surface area contributed by atoms with Gasteiger partial charge in [0.05, 0.1) is 15.6 Å². The second-order valence-corrected chi connectivity index (χ2v) is 7.45. The molecule has 7 heteroatoms. The topological polar surface area (TPSA) is 75.3 Å². The van der Waals surface area contributed by atoms with Gasteiger partial charge in [-0.25, -0.2) is 8.42 Å². The van der Waals surface area contributed by atoms with Gasteiger partial charge in [-0.2, -0.15) is 0 Å². The zero-order valence-electron chi connectivity index (χ0n) is 12.1. The van der Waals surface area contributed by atoms with Crippen molar-refractivity contribution >= 4 is 33.2 Å². The number of amides is 1. The molecule has 1 amide bonds. The average molecular weight is 351 g/mol. The van der Waals surface area contributed by atoms with Gasteiger partial charge in [-0.15, -0.1) is 0 Å². The molecule has 3 rings (SSSR count). The molecule has 0 bridgehead atoms. The maximum Gasteiger partial charge on any atom is 0.261 e. The molecule has 2 N–H and O–H groups in total. The molecule has 1 fully saturated rings. The number of hydrogen-bond acceptors (Lipinski definition) is 3. The van der Waals surface area contributed by atoms with Gasteiger partial charge in [0.1, 0.15) is 0 Å². The van der Waals surface area contributed by atoms with Gasteiger partial charge in [0.2, 0.25) is 0 Å². The van der Waals surface area contributed by atoms with Gasteiger partial charge in [-0.3, -0.25) is 9.52 Å². The molecule has 1 saturated carbocycles. The van der Waals surface area contributed by atoms with Crippen LogP contribution in [0.2, 0.25) is 5.02 Å². The Balaban J connectivity index is 1.85. The Labute approximate surface area is 139 Å². The van der Waals surface area contributed by atoms with E-state index in [2.05, 4.69) is 10.0 Å². The highest BCUT2D eigenvalue weighted by Gasteiger charge is 2.24. The third kappa shape index (κ3) is 3.83. The number of hydrogen-bond donors (Lipinski definition) is 2. The number of sulfonamides is 1. The monoisotopic (exact) mass is 350 g/mol. The number of halogens is 1. The fourth-order valence-corrected chi connectivity index (χ4v) is 3.41. The maximum atomic E-state index is 12.5. The van der Waals surface area contributed by atoms with Gasteiger partial charge in [0, 0.05) is 11.6 Å². The molecule has 0 spiro atoms. The van der Waals surface area contributed by atoms with Crippen molar-refractivity contribution in [1.29, 1.82) is 0 Å². The molecule has 0 aliphatic heterocycles. The van der Waals surface area contributed by atoms with Crippen molar-refractivity contribution in [2.45, 2.75) is 23.8 Å². The molecule has 120 valence electrons. The number of nitrogens with one attached hydrogen (secondary N) is 2. The van der Waals surface area contributed by atoms with E-state index in [1.165, 1.54) is 12.1 Å². The van der Waals surface area contributed by atoms with Crippen LogP contribution in [-0.2, 0) is 10.0 Å². The molecule has 0 aromatic heterocycles. The molecule has 0 atom stereocenters. The molecule has 1 aliphatic rings. The normalized spacial score (nSPS) is 14.3. The van der Waals surface area contributed by atoms with E-state index < -0.39 is 10.0 Å². The molecule has 0 heterocycles. The summed E-state index contributed by atoms with van der Waals surface area (Å²) in [5, 5.41) is 3.14. The second kappa shape index (κ2) is 6.22. The predicted molar refractivity (Wildman–Crippen MR) is 89.2 cm³/mol. The zero-order chi connectivity index (χ0) is 16.4. The van der Waals surface area contributed by atoms with E-state index >= 15 is 0 Å². The van der Waals surface area contributed by atoms with Crippen LogP contribution in [0.1, 0.15) is 23.2 Å². The van der Waals surface area contributed by atoms with Crippen LogP contribution in [-0.4, -0.2) is 20.4 Å². The van der Waals surface area contributed by atoms with Crippen molar-refractivity contribution in [1.82, 2.24) is 5.32 Å². The highest BCUT2D eigenvalue weighted by molar-refractivity contribution is 7.92. The van der Waals surface area contributed by atoms with Crippen LogP contribution in [0.15, 0.2) is 53.4 Å². The largest absolute Gasteiger partial charge is 0.349 e. The van der Waals surface area contributed by atoms with E-state index in [0.717, 1.165) is 12.8 Å². The zero-order valence-corrected chi connectivity index (χ0v) is 13.7. The fourth-order valence-electron chi connectivity index (χ4n) is 2.05. The average Bonchev–Trinajstić information content (AvgIpc) is 3.33. The number of carbonyl (C=O) groups excluding carboxylic acids is 1. The van der Waals surface area contributed by atoms with Crippen LogP contribution >= 0.6 is 11.6 Å². The third-order valence-corrected chi connectivity index (χ3v) is 5.13. The van der Waals surface area contributed by atoms with Crippen LogP contribution in [0.5, 0.6) is 0 Å². The molecule has 23 heavy (non-hydrogen) atoms. The summed E-state index contributed by atoms with van der Waals surface area (Å²) in [6.45, 7) is 0. The van der Waals surface area contributed by atoms with E-state index in [4.69, 9.17) is 11.6 Å². The lowest BCUT2D eigenvalue weighted by atomic mass is 10.2. The standard InChI is InChI=1S/C16H15ClN2O3S/c17-14-6-1-2-7-15(14)19-23(21,22)13-5-3-4-11(10-13)16(20)18-12-8-9-12/h1-7,10,12,19H,8-9H2,(H,18,20). The Bertz CT molecular complexity index is 848. The van der Waals surface area contributed by atoms with Crippen molar-refractivity contribution in [2.75, 3.05) is 4.72 Å². The molecule has 0 unspecified atom stereocenters. The molecular formula is C16H15ClN2O3S. The highest BCUT2D eigenvalue weighted by atomic mass is 35.5. The van der Waals surface area contributed by atoms with Crippen molar-refractivity contribution in [3.63, 3.8) is 0 Å².